The van der Waals surface area contributed by atoms with Crippen LogP contribution in [0.5, 0.6) is 0 Å². The van der Waals surface area contributed by atoms with Crippen molar-refractivity contribution in [3.8, 4) is 0 Å². The minimum absolute atomic E-state index is 0.0341. The van der Waals surface area contributed by atoms with Crippen LogP contribution in [-0.4, -0.2) is 25.5 Å². The normalized spacial score (nSPS) is 39.0. The van der Waals surface area contributed by atoms with Crippen LogP contribution in [0.4, 0.5) is 0 Å². The molecule has 5 heteroatoms. The molecule has 5 aliphatic carbocycles. The maximum Gasteiger partial charge on any atom is 0.273 e. The fourth-order valence-corrected chi connectivity index (χ4v) is 6.43. The molecule has 5 nitrogen and oxygen atoms in total. The predicted octanol–water partition coefficient (Wildman–Crippen LogP) is 2.41. The van der Waals surface area contributed by atoms with Crippen molar-refractivity contribution in [1.29, 1.82) is 0 Å². The number of fused-ring (bicyclic) bond motifs is 3. The third-order valence-corrected chi connectivity index (χ3v) is 6.96. The van der Waals surface area contributed by atoms with Crippen LogP contribution in [0.25, 0.3) is 17.0 Å². The highest BCUT2D eigenvalue weighted by molar-refractivity contribution is 5.89. The van der Waals surface area contributed by atoms with Crippen molar-refractivity contribution in [2.75, 3.05) is 0 Å². The minimum Gasteiger partial charge on any atom is -0.390 e. The molecule has 2 unspecified atom stereocenters. The summed E-state index contributed by atoms with van der Waals surface area (Å²) in [4.78, 5) is 17.0. The van der Waals surface area contributed by atoms with Crippen LogP contribution in [0.15, 0.2) is 17.1 Å². The van der Waals surface area contributed by atoms with Gasteiger partial charge in [0.05, 0.1) is 28.2 Å². The van der Waals surface area contributed by atoms with Crippen LogP contribution >= 0.6 is 0 Å². The van der Waals surface area contributed by atoms with E-state index >= 15 is 0 Å². The summed E-state index contributed by atoms with van der Waals surface area (Å²) < 4.78 is 2.16. The second-order valence-electron chi connectivity index (χ2n) is 8.48. The summed E-state index contributed by atoms with van der Waals surface area (Å²) >= 11 is 0. The van der Waals surface area contributed by atoms with E-state index in [0.717, 1.165) is 42.5 Å². The number of hydrogen-bond acceptors (Lipinski definition) is 3. The fraction of sp³-hybridized carbons (Fsp3) is 0.579. The van der Waals surface area contributed by atoms with E-state index in [2.05, 4.69) is 26.9 Å². The van der Waals surface area contributed by atoms with E-state index in [1.807, 2.05) is 0 Å². The standard InChI is InChI=1S/C19H21N3O2/c23-18-14-9-20-15-3-1-2-13(15)17(14)22(21-18)16-11-4-10-5-12(16)8-19(24,6-10)7-11/h1-2,9-12,16,24H,3-8H2,(H,21,23). The molecule has 7 rings (SSSR count). The van der Waals surface area contributed by atoms with Crippen molar-refractivity contribution in [3.05, 3.63) is 33.9 Å². The second-order valence-corrected chi connectivity index (χ2v) is 8.48. The largest absolute Gasteiger partial charge is 0.390 e. The van der Waals surface area contributed by atoms with Gasteiger partial charge in [-0.25, -0.2) is 0 Å². The minimum atomic E-state index is -0.445. The Morgan fingerprint density at radius 2 is 2.04 bits per heavy atom. The number of H-pyrrole nitrogens is 1. The Morgan fingerprint density at radius 3 is 2.79 bits per heavy atom. The number of nitrogens with one attached hydrogen (secondary N) is 1. The van der Waals surface area contributed by atoms with E-state index in [1.54, 1.807) is 6.20 Å². The Bertz CT molecular complexity index is 937. The molecule has 5 aliphatic rings. The quantitative estimate of drug-likeness (QED) is 0.846. The molecule has 2 aromatic heterocycles. The van der Waals surface area contributed by atoms with Crippen molar-refractivity contribution in [1.82, 2.24) is 14.8 Å². The zero-order valence-corrected chi connectivity index (χ0v) is 13.5. The molecule has 0 saturated heterocycles. The van der Waals surface area contributed by atoms with Gasteiger partial charge in [0.15, 0.2) is 0 Å². The van der Waals surface area contributed by atoms with E-state index < -0.39 is 5.60 Å². The van der Waals surface area contributed by atoms with Gasteiger partial charge in [-0.3, -0.25) is 19.6 Å². The van der Waals surface area contributed by atoms with Gasteiger partial charge in [-0.15, -0.1) is 0 Å². The number of hydrogen-bond donors (Lipinski definition) is 2. The predicted molar refractivity (Wildman–Crippen MR) is 90.6 cm³/mol. The van der Waals surface area contributed by atoms with Crippen LogP contribution in [0.3, 0.4) is 0 Å². The molecule has 0 amide bonds. The summed E-state index contributed by atoms with van der Waals surface area (Å²) in [5.41, 5.74) is 2.73. The third-order valence-electron chi connectivity index (χ3n) is 6.96. The monoisotopic (exact) mass is 323 g/mol. The van der Waals surface area contributed by atoms with Crippen molar-refractivity contribution in [2.45, 2.75) is 50.2 Å². The average Bonchev–Trinajstić information content (AvgIpc) is 3.10. The smallest absolute Gasteiger partial charge is 0.273 e. The highest BCUT2D eigenvalue weighted by Crippen LogP contribution is 2.60. The van der Waals surface area contributed by atoms with Crippen molar-refractivity contribution in [3.63, 3.8) is 0 Å². The topological polar surface area (TPSA) is 70.9 Å². The molecule has 4 fully saturated rings. The Balaban J connectivity index is 1.57. The third kappa shape index (κ3) is 1.59. The summed E-state index contributed by atoms with van der Waals surface area (Å²) in [7, 11) is 0. The van der Waals surface area contributed by atoms with Crippen LogP contribution in [-0.2, 0) is 6.42 Å². The molecule has 2 atom stereocenters. The summed E-state index contributed by atoms with van der Waals surface area (Å²) in [6, 6.07) is 0.313. The Hall–Kier alpha value is -1.88. The molecule has 24 heavy (non-hydrogen) atoms. The van der Waals surface area contributed by atoms with Crippen molar-refractivity contribution < 1.29 is 5.11 Å². The first-order valence-corrected chi connectivity index (χ1v) is 9.12. The van der Waals surface area contributed by atoms with Gasteiger partial charge in [-0.2, -0.15) is 0 Å². The molecule has 0 radical (unpaired) electrons. The fourth-order valence-electron chi connectivity index (χ4n) is 6.43. The number of aromatic amines is 1. The molecule has 124 valence electrons. The van der Waals surface area contributed by atoms with Gasteiger partial charge in [0.2, 0.25) is 0 Å². The van der Waals surface area contributed by atoms with Crippen molar-refractivity contribution in [2.24, 2.45) is 17.8 Å². The van der Waals surface area contributed by atoms with Gasteiger partial charge >= 0.3 is 0 Å². The van der Waals surface area contributed by atoms with Gasteiger partial charge in [0, 0.05) is 18.2 Å². The highest BCUT2D eigenvalue weighted by Gasteiger charge is 2.55. The first kappa shape index (κ1) is 13.4. The van der Waals surface area contributed by atoms with Crippen LogP contribution in [0, 0.1) is 17.8 Å². The molecule has 2 heterocycles. The number of rotatable bonds is 1. The number of aromatic nitrogens is 3. The lowest BCUT2D eigenvalue weighted by Gasteiger charge is -2.58. The SMILES string of the molecule is O=c1[nH]n(C2C3CC4CC2CC(O)(C4)C3)c2c3c(ncc12)CC=C3. The molecule has 0 aliphatic heterocycles. The molecule has 2 N–H and O–H groups in total. The summed E-state index contributed by atoms with van der Waals surface area (Å²) in [5.74, 6) is 1.62. The average molecular weight is 323 g/mol. The first-order chi connectivity index (χ1) is 11.6. The first-order valence-electron chi connectivity index (χ1n) is 9.12. The van der Waals surface area contributed by atoms with E-state index in [4.69, 9.17) is 0 Å². The number of allylic oxidation sites excluding steroid dienone is 1. The van der Waals surface area contributed by atoms with Gasteiger partial charge in [-0.1, -0.05) is 12.2 Å². The van der Waals surface area contributed by atoms with Crippen LogP contribution in [0.1, 0.15) is 49.4 Å². The lowest BCUT2D eigenvalue weighted by atomic mass is 9.52. The number of aliphatic hydroxyl groups is 1. The maximum absolute atomic E-state index is 12.5. The molecule has 4 saturated carbocycles. The van der Waals surface area contributed by atoms with Crippen LogP contribution in [0.2, 0.25) is 0 Å². The van der Waals surface area contributed by atoms with Gasteiger partial charge in [0.1, 0.15) is 0 Å². The number of pyridine rings is 1. The zero-order valence-electron chi connectivity index (χ0n) is 13.5. The van der Waals surface area contributed by atoms with Gasteiger partial charge in [0.25, 0.3) is 5.56 Å². The Kier molecular flexibility index (Phi) is 2.35. The van der Waals surface area contributed by atoms with Crippen LogP contribution < -0.4 is 5.56 Å². The van der Waals surface area contributed by atoms with Gasteiger partial charge in [-0.05, 0) is 49.9 Å². The Morgan fingerprint density at radius 1 is 1.25 bits per heavy atom. The summed E-state index contributed by atoms with van der Waals surface area (Å²) in [5, 5.41) is 14.7. The lowest BCUT2D eigenvalue weighted by Crippen LogP contribution is -2.55. The number of nitrogens with zero attached hydrogens (tertiary/aromatic N) is 2. The summed E-state index contributed by atoms with van der Waals surface area (Å²) in [6.07, 6.45) is 12.0. The molecule has 0 spiro atoms. The van der Waals surface area contributed by atoms with E-state index in [-0.39, 0.29) is 5.56 Å². The van der Waals surface area contributed by atoms with E-state index in [1.165, 1.54) is 12.8 Å². The Labute approximate surface area is 139 Å². The molecule has 0 aromatic carbocycles. The van der Waals surface area contributed by atoms with E-state index in [9.17, 15) is 9.90 Å². The molecule has 4 bridgehead atoms. The zero-order chi connectivity index (χ0) is 16.1. The van der Waals surface area contributed by atoms with E-state index in [0.29, 0.717) is 29.2 Å². The highest BCUT2D eigenvalue weighted by atomic mass is 16.3. The van der Waals surface area contributed by atoms with Crippen molar-refractivity contribution >= 4 is 17.0 Å². The van der Waals surface area contributed by atoms with Gasteiger partial charge < -0.3 is 5.11 Å². The molecular formula is C19H21N3O2. The molecule has 2 aromatic rings. The second kappa shape index (κ2) is 4.20. The molecular weight excluding hydrogens is 302 g/mol. The maximum atomic E-state index is 12.5. The summed E-state index contributed by atoms with van der Waals surface area (Å²) in [6.45, 7) is 0. The lowest BCUT2D eigenvalue weighted by molar-refractivity contribution is -0.148.